The summed E-state index contributed by atoms with van der Waals surface area (Å²) in [5.41, 5.74) is 1.89. The van der Waals surface area contributed by atoms with Crippen LogP contribution >= 0.6 is 0 Å². The van der Waals surface area contributed by atoms with Gasteiger partial charge in [0.05, 0.1) is 6.10 Å². The van der Waals surface area contributed by atoms with Crippen LogP contribution in [0, 0.1) is 28.6 Å². The van der Waals surface area contributed by atoms with Crippen LogP contribution < -0.4 is 0 Å². The van der Waals surface area contributed by atoms with Crippen LogP contribution in [-0.2, 0) is 4.79 Å². The van der Waals surface area contributed by atoms with E-state index < -0.39 is 0 Å². The van der Waals surface area contributed by atoms with Crippen LogP contribution in [0.3, 0.4) is 0 Å². The predicted molar refractivity (Wildman–Crippen MR) is 89.9 cm³/mol. The number of aliphatic hydroxyl groups excluding tert-OH is 1. The summed E-state index contributed by atoms with van der Waals surface area (Å²) in [4.78, 5) is 11.8. The van der Waals surface area contributed by atoms with Crippen LogP contribution in [0.4, 0.5) is 0 Å². The molecule has 6 atom stereocenters. The Balaban J connectivity index is 0.000000960. The summed E-state index contributed by atoms with van der Waals surface area (Å²) in [6.45, 7) is 4.76. The summed E-state index contributed by atoms with van der Waals surface area (Å²) in [6.07, 6.45) is 10.7. The molecule has 0 aliphatic heterocycles. The lowest BCUT2D eigenvalue weighted by Crippen LogP contribution is -2.51. The highest BCUT2D eigenvalue weighted by Gasteiger charge is 2.58. The van der Waals surface area contributed by atoms with Gasteiger partial charge in [0.25, 0.3) is 0 Å². The Bertz CT molecular complexity index is 513. The van der Waals surface area contributed by atoms with E-state index in [0.717, 1.165) is 37.5 Å². The third-order valence-corrected chi connectivity index (χ3v) is 7.91. The van der Waals surface area contributed by atoms with Crippen LogP contribution in [0.2, 0.25) is 0 Å². The van der Waals surface area contributed by atoms with Crippen LogP contribution in [0.25, 0.3) is 0 Å². The normalized spacial score (nSPS) is 48.1. The van der Waals surface area contributed by atoms with Crippen molar-refractivity contribution in [3.63, 3.8) is 0 Å². The zero-order valence-corrected chi connectivity index (χ0v) is 14.4. The van der Waals surface area contributed by atoms with Gasteiger partial charge in [-0.3, -0.25) is 4.79 Å². The molecule has 4 aliphatic rings. The number of carbonyl (C=O) groups excluding carboxylic acids is 1. The summed E-state index contributed by atoms with van der Waals surface area (Å²) >= 11 is 0. The van der Waals surface area contributed by atoms with Gasteiger partial charge in [0.2, 0.25) is 0 Å². The van der Waals surface area contributed by atoms with E-state index in [1.54, 1.807) is 0 Å². The highest BCUT2D eigenvalue weighted by Crippen LogP contribution is 2.65. The topological polar surface area (TPSA) is 100 Å². The summed E-state index contributed by atoms with van der Waals surface area (Å²) in [5.74, 6) is 2.57. The number of ketones is 1. The number of allylic oxidation sites excluding steroid dienone is 1. The molecule has 0 unspecified atom stereocenters. The first-order valence-corrected chi connectivity index (χ1v) is 8.87. The van der Waals surface area contributed by atoms with Gasteiger partial charge in [0.15, 0.2) is 5.78 Å². The molecule has 0 aromatic carbocycles. The standard InChI is InChI=1S/C19H28O2.2H2O/c1-18-9-7-13(20)11-12(18)3-4-14-15-5-6-17(21)19(15,2)10-8-16(14)18;;/h11,14-17,21H,3-10H2,1-2H3;2*1H2/t14-,15-,16-,17-,18-,19-;;/m0../s1. The molecule has 4 rings (SSSR count). The SMILES string of the molecule is C[C@]12CC[C@H]3[C@@H](CCC4=CC(=O)CC[C@@]43C)[C@@H]1CC[C@@H]2O.O.O. The number of rotatable bonds is 0. The Morgan fingerprint density at radius 2 is 1.74 bits per heavy atom. The maximum absolute atomic E-state index is 11.8. The van der Waals surface area contributed by atoms with E-state index in [9.17, 15) is 9.90 Å². The first-order chi connectivity index (χ1) is 9.95. The fourth-order valence-corrected chi connectivity index (χ4v) is 6.53. The summed E-state index contributed by atoms with van der Waals surface area (Å²) < 4.78 is 0. The number of hydrogen-bond acceptors (Lipinski definition) is 2. The van der Waals surface area contributed by atoms with Crippen molar-refractivity contribution in [2.75, 3.05) is 0 Å². The van der Waals surface area contributed by atoms with Crippen molar-refractivity contribution >= 4 is 5.78 Å². The van der Waals surface area contributed by atoms with Gasteiger partial charge < -0.3 is 16.1 Å². The molecule has 132 valence electrons. The molecule has 23 heavy (non-hydrogen) atoms. The minimum Gasteiger partial charge on any atom is -0.412 e. The third kappa shape index (κ3) is 2.41. The maximum Gasteiger partial charge on any atom is 0.155 e. The molecule has 4 heteroatoms. The molecule has 0 bridgehead atoms. The quantitative estimate of drug-likeness (QED) is 0.738. The molecular weight excluding hydrogens is 292 g/mol. The van der Waals surface area contributed by atoms with Crippen LogP contribution in [0.15, 0.2) is 11.6 Å². The van der Waals surface area contributed by atoms with Crippen LogP contribution in [0.5, 0.6) is 0 Å². The molecule has 0 aromatic heterocycles. The Labute approximate surface area is 139 Å². The lowest BCUT2D eigenvalue weighted by atomic mass is 9.47. The smallest absolute Gasteiger partial charge is 0.155 e. The molecular formula is C19H32O4. The largest absolute Gasteiger partial charge is 0.412 e. The summed E-state index contributed by atoms with van der Waals surface area (Å²) in [6, 6.07) is 0. The zero-order chi connectivity index (χ0) is 14.8. The minimum atomic E-state index is -0.0823. The molecule has 0 amide bonds. The van der Waals surface area contributed by atoms with Crippen molar-refractivity contribution in [2.24, 2.45) is 28.6 Å². The van der Waals surface area contributed by atoms with E-state index in [1.807, 2.05) is 6.08 Å². The summed E-state index contributed by atoms with van der Waals surface area (Å²) in [7, 11) is 0. The second-order valence-corrected chi connectivity index (χ2v) is 8.61. The molecule has 0 radical (unpaired) electrons. The Morgan fingerprint density at radius 1 is 1.00 bits per heavy atom. The van der Waals surface area contributed by atoms with E-state index in [4.69, 9.17) is 0 Å². The molecule has 0 aromatic rings. The van der Waals surface area contributed by atoms with E-state index in [0.29, 0.717) is 11.7 Å². The van der Waals surface area contributed by atoms with Gasteiger partial charge in [-0.1, -0.05) is 19.4 Å². The minimum absolute atomic E-state index is 0. The van der Waals surface area contributed by atoms with E-state index in [-0.39, 0.29) is 27.9 Å². The molecule has 3 saturated carbocycles. The zero-order valence-electron chi connectivity index (χ0n) is 14.4. The van der Waals surface area contributed by atoms with E-state index >= 15 is 0 Å². The molecule has 0 saturated heterocycles. The second kappa shape index (κ2) is 5.98. The van der Waals surface area contributed by atoms with Gasteiger partial charge in [0, 0.05) is 6.42 Å². The predicted octanol–water partition coefficient (Wildman–Crippen LogP) is 2.23. The highest BCUT2D eigenvalue weighted by atomic mass is 16.3. The van der Waals surface area contributed by atoms with Crippen molar-refractivity contribution in [3.05, 3.63) is 11.6 Å². The van der Waals surface area contributed by atoms with Gasteiger partial charge in [-0.2, -0.15) is 0 Å². The van der Waals surface area contributed by atoms with Crippen molar-refractivity contribution in [3.8, 4) is 0 Å². The molecule has 0 spiro atoms. The summed E-state index contributed by atoms with van der Waals surface area (Å²) in [5, 5.41) is 10.4. The van der Waals surface area contributed by atoms with Gasteiger partial charge in [-0.25, -0.2) is 0 Å². The van der Waals surface area contributed by atoms with E-state index in [2.05, 4.69) is 13.8 Å². The van der Waals surface area contributed by atoms with Crippen molar-refractivity contribution in [2.45, 2.75) is 71.3 Å². The first kappa shape index (κ1) is 18.6. The van der Waals surface area contributed by atoms with Gasteiger partial charge in [-0.15, -0.1) is 0 Å². The van der Waals surface area contributed by atoms with Crippen LogP contribution in [-0.4, -0.2) is 27.9 Å². The van der Waals surface area contributed by atoms with Crippen molar-refractivity contribution in [1.29, 1.82) is 0 Å². The fraction of sp³-hybridized carbons (Fsp3) is 0.842. The number of carbonyl (C=O) groups is 1. The number of aliphatic hydroxyl groups is 1. The average Bonchev–Trinajstić information content (AvgIpc) is 2.76. The van der Waals surface area contributed by atoms with E-state index in [1.165, 1.54) is 31.3 Å². The first-order valence-electron chi connectivity index (χ1n) is 8.87. The Morgan fingerprint density at radius 3 is 2.48 bits per heavy atom. The third-order valence-electron chi connectivity index (χ3n) is 7.91. The second-order valence-electron chi connectivity index (χ2n) is 8.61. The highest BCUT2D eigenvalue weighted by molar-refractivity contribution is 5.91. The fourth-order valence-electron chi connectivity index (χ4n) is 6.53. The lowest BCUT2D eigenvalue weighted by molar-refractivity contribution is -0.118. The van der Waals surface area contributed by atoms with Crippen molar-refractivity contribution in [1.82, 2.24) is 0 Å². The van der Waals surface area contributed by atoms with Gasteiger partial charge in [-0.05, 0) is 79.6 Å². The van der Waals surface area contributed by atoms with Gasteiger partial charge >= 0.3 is 0 Å². The maximum atomic E-state index is 11.8. The Hall–Kier alpha value is -0.710. The molecule has 4 aliphatic carbocycles. The molecule has 3 fully saturated rings. The van der Waals surface area contributed by atoms with Crippen molar-refractivity contribution < 1.29 is 20.9 Å². The molecule has 0 heterocycles. The lowest BCUT2D eigenvalue weighted by Gasteiger charge is -2.57. The monoisotopic (exact) mass is 324 g/mol. The number of hydrogen-bond donors (Lipinski definition) is 1. The molecule has 5 N–H and O–H groups in total. The molecule has 4 nitrogen and oxygen atoms in total. The Kier molecular flexibility index (Phi) is 4.84. The number of fused-ring (bicyclic) bond motifs is 5. The average molecular weight is 324 g/mol. The van der Waals surface area contributed by atoms with Crippen LogP contribution in [0.1, 0.15) is 65.2 Å². The van der Waals surface area contributed by atoms with Gasteiger partial charge in [0.1, 0.15) is 0 Å².